The fourth-order valence-electron chi connectivity index (χ4n) is 4.02. The van der Waals surface area contributed by atoms with Crippen LogP contribution in [0.2, 0.25) is 5.02 Å². The Morgan fingerprint density at radius 1 is 0.879 bits per heavy atom. The molecule has 166 valence electrons. The number of piperazine rings is 1. The fraction of sp³-hybridized carbons (Fsp3) is 0.160. The van der Waals surface area contributed by atoms with Crippen LogP contribution in [0.15, 0.2) is 71.3 Å². The molecule has 8 heteroatoms. The number of carbonyl (C=O) groups excluding carboxylic acids is 2. The Hall–Kier alpha value is -3.71. The van der Waals surface area contributed by atoms with Crippen LogP contribution in [0.4, 0.5) is 4.39 Å². The topological polar surface area (TPSA) is 66.7 Å². The predicted octanol–water partition coefficient (Wildman–Crippen LogP) is 4.89. The van der Waals surface area contributed by atoms with Crippen molar-refractivity contribution in [1.82, 2.24) is 14.8 Å². The average Bonchev–Trinajstić information content (AvgIpc) is 3.38. The fourth-order valence-corrected chi connectivity index (χ4v) is 4.27. The van der Waals surface area contributed by atoms with Gasteiger partial charge in [-0.15, -0.1) is 0 Å². The van der Waals surface area contributed by atoms with Gasteiger partial charge in [-0.25, -0.2) is 9.37 Å². The molecule has 0 unspecified atom stereocenters. The van der Waals surface area contributed by atoms with E-state index in [2.05, 4.69) is 4.98 Å². The van der Waals surface area contributed by atoms with Crippen molar-refractivity contribution in [2.75, 3.05) is 26.2 Å². The predicted molar refractivity (Wildman–Crippen MR) is 123 cm³/mol. The molecular formula is C25H19ClFN3O3. The summed E-state index contributed by atoms with van der Waals surface area (Å²) in [5.41, 5.74) is 2.07. The Bertz CT molecular complexity index is 1350. The van der Waals surface area contributed by atoms with E-state index in [9.17, 15) is 14.0 Å². The third-order valence-electron chi connectivity index (χ3n) is 5.74. The smallest absolute Gasteiger partial charge is 0.255 e. The molecule has 1 aliphatic rings. The van der Waals surface area contributed by atoms with Crippen molar-refractivity contribution < 1.29 is 18.4 Å². The van der Waals surface area contributed by atoms with Crippen molar-refractivity contribution in [2.45, 2.75) is 0 Å². The van der Waals surface area contributed by atoms with E-state index in [0.29, 0.717) is 48.7 Å². The van der Waals surface area contributed by atoms with Crippen LogP contribution in [0.5, 0.6) is 0 Å². The third-order valence-corrected chi connectivity index (χ3v) is 6.05. The number of rotatable bonds is 3. The van der Waals surface area contributed by atoms with E-state index in [1.54, 1.807) is 34.3 Å². The van der Waals surface area contributed by atoms with E-state index in [4.69, 9.17) is 16.0 Å². The van der Waals surface area contributed by atoms with Gasteiger partial charge in [-0.2, -0.15) is 0 Å². The molecule has 0 atom stereocenters. The molecule has 2 aromatic carbocycles. The highest BCUT2D eigenvalue weighted by molar-refractivity contribution is 6.33. The monoisotopic (exact) mass is 463 g/mol. The molecule has 0 bridgehead atoms. The zero-order valence-electron chi connectivity index (χ0n) is 17.5. The number of benzene rings is 2. The van der Waals surface area contributed by atoms with Crippen LogP contribution in [0.3, 0.4) is 0 Å². The van der Waals surface area contributed by atoms with Crippen LogP contribution in [0.25, 0.3) is 22.4 Å². The molecule has 3 heterocycles. The first kappa shape index (κ1) is 21.2. The lowest BCUT2D eigenvalue weighted by atomic mass is 10.0. The van der Waals surface area contributed by atoms with Gasteiger partial charge < -0.3 is 14.2 Å². The van der Waals surface area contributed by atoms with Crippen LogP contribution in [-0.2, 0) is 0 Å². The van der Waals surface area contributed by atoms with E-state index >= 15 is 0 Å². The Morgan fingerprint density at radius 3 is 2.24 bits per heavy atom. The summed E-state index contributed by atoms with van der Waals surface area (Å²) >= 11 is 6.05. The normalized spacial score (nSPS) is 14.0. The van der Waals surface area contributed by atoms with Gasteiger partial charge in [0.1, 0.15) is 11.5 Å². The van der Waals surface area contributed by atoms with Crippen LogP contribution >= 0.6 is 11.6 Å². The SMILES string of the molecule is O=C(c1ccc(F)cc1Cl)N1CCN(C(=O)c2cc(-c3ccco3)nc3ccccc23)CC1. The molecule has 1 saturated heterocycles. The summed E-state index contributed by atoms with van der Waals surface area (Å²) in [6, 6.07) is 16.5. The standard InChI is InChI=1S/C25H19ClFN3O3/c26-20-14-16(27)7-8-18(20)24(31)29-9-11-30(12-10-29)25(32)19-15-22(23-6-3-13-33-23)28-21-5-2-1-4-17(19)21/h1-8,13-15H,9-12H2. The molecule has 1 aliphatic heterocycles. The van der Waals surface area contributed by atoms with Gasteiger partial charge in [0.2, 0.25) is 0 Å². The molecule has 2 amide bonds. The average molecular weight is 464 g/mol. The van der Waals surface area contributed by atoms with Gasteiger partial charge in [0.15, 0.2) is 5.76 Å². The number of nitrogens with zero attached hydrogens (tertiary/aromatic N) is 3. The maximum Gasteiger partial charge on any atom is 0.255 e. The van der Waals surface area contributed by atoms with Crippen LogP contribution in [-0.4, -0.2) is 52.8 Å². The van der Waals surface area contributed by atoms with Crippen LogP contribution in [0.1, 0.15) is 20.7 Å². The lowest BCUT2D eigenvalue weighted by Crippen LogP contribution is -2.50. The third kappa shape index (κ3) is 4.07. The highest BCUT2D eigenvalue weighted by Gasteiger charge is 2.28. The molecule has 0 N–H and O–H groups in total. The Labute approximate surface area is 194 Å². The van der Waals surface area contributed by atoms with Gasteiger partial charge in [-0.3, -0.25) is 9.59 Å². The summed E-state index contributed by atoms with van der Waals surface area (Å²) in [5, 5.41) is 0.835. The molecule has 4 aromatic rings. The molecule has 5 rings (SSSR count). The second-order valence-electron chi connectivity index (χ2n) is 7.76. The maximum atomic E-state index is 13.5. The van der Waals surface area contributed by atoms with E-state index in [1.807, 2.05) is 24.3 Å². The summed E-state index contributed by atoms with van der Waals surface area (Å²) in [6.45, 7) is 1.45. The molecule has 33 heavy (non-hydrogen) atoms. The van der Waals surface area contributed by atoms with Crippen molar-refractivity contribution in [2.24, 2.45) is 0 Å². The van der Waals surface area contributed by atoms with Crippen molar-refractivity contribution >= 4 is 34.3 Å². The molecule has 0 aliphatic carbocycles. The molecule has 0 spiro atoms. The largest absolute Gasteiger partial charge is 0.463 e. The first-order valence-electron chi connectivity index (χ1n) is 10.5. The summed E-state index contributed by atoms with van der Waals surface area (Å²) in [6.07, 6.45) is 1.57. The quantitative estimate of drug-likeness (QED) is 0.434. The summed E-state index contributed by atoms with van der Waals surface area (Å²) < 4.78 is 18.8. The number of fused-ring (bicyclic) bond motifs is 1. The van der Waals surface area contributed by atoms with Crippen molar-refractivity contribution in [1.29, 1.82) is 0 Å². The van der Waals surface area contributed by atoms with Gasteiger partial charge >= 0.3 is 0 Å². The molecule has 1 fully saturated rings. The van der Waals surface area contributed by atoms with Crippen LogP contribution in [0, 0.1) is 5.82 Å². The Kier molecular flexibility index (Phi) is 5.56. The first-order chi connectivity index (χ1) is 16.0. The second-order valence-corrected chi connectivity index (χ2v) is 8.17. The lowest BCUT2D eigenvalue weighted by Gasteiger charge is -2.35. The molecule has 2 aromatic heterocycles. The minimum absolute atomic E-state index is 0.0761. The number of amides is 2. The number of pyridine rings is 1. The minimum atomic E-state index is -0.495. The highest BCUT2D eigenvalue weighted by atomic mass is 35.5. The van der Waals surface area contributed by atoms with Gasteiger partial charge in [0.05, 0.1) is 27.9 Å². The Morgan fingerprint density at radius 2 is 1.58 bits per heavy atom. The van der Waals surface area contributed by atoms with Gasteiger partial charge in [0.25, 0.3) is 11.8 Å². The van der Waals surface area contributed by atoms with Gasteiger partial charge in [-0.05, 0) is 42.5 Å². The van der Waals surface area contributed by atoms with Crippen molar-refractivity contribution in [3.05, 3.63) is 88.9 Å². The minimum Gasteiger partial charge on any atom is -0.463 e. The summed E-state index contributed by atoms with van der Waals surface area (Å²) in [4.78, 5) is 34.3. The molecular weight excluding hydrogens is 445 g/mol. The number of aromatic nitrogens is 1. The van der Waals surface area contributed by atoms with E-state index in [0.717, 1.165) is 11.5 Å². The zero-order chi connectivity index (χ0) is 22.9. The molecule has 0 saturated carbocycles. The van der Waals surface area contributed by atoms with Gasteiger partial charge in [0, 0.05) is 31.6 Å². The van der Waals surface area contributed by atoms with E-state index in [-0.39, 0.29) is 22.4 Å². The zero-order valence-corrected chi connectivity index (χ0v) is 18.3. The number of halogens is 2. The first-order valence-corrected chi connectivity index (χ1v) is 10.9. The number of furan rings is 1. The highest BCUT2D eigenvalue weighted by Crippen LogP contribution is 2.27. The maximum absolute atomic E-state index is 13.5. The van der Waals surface area contributed by atoms with Gasteiger partial charge in [-0.1, -0.05) is 29.8 Å². The number of para-hydroxylation sites is 1. The Balaban J connectivity index is 1.37. The molecule has 0 radical (unpaired) electrons. The van der Waals surface area contributed by atoms with Crippen molar-refractivity contribution in [3.8, 4) is 11.5 Å². The van der Waals surface area contributed by atoms with Crippen molar-refractivity contribution in [3.63, 3.8) is 0 Å². The van der Waals surface area contributed by atoms with Crippen LogP contribution < -0.4 is 0 Å². The van der Waals surface area contributed by atoms with E-state index < -0.39 is 5.82 Å². The summed E-state index contributed by atoms with van der Waals surface area (Å²) in [5.74, 6) is -0.318. The molecule has 6 nitrogen and oxygen atoms in total. The summed E-state index contributed by atoms with van der Waals surface area (Å²) in [7, 11) is 0. The number of hydrogen-bond donors (Lipinski definition) is 0. The lowest BCUT2D eigenvalue weighted by molar-refractivity contribution is 0.0536. The van der Waals surface area contributed by atoms with E-state index in [1.165, 1.54) is 12.1 Å². The number of carbonyl (C=O) groups is 2. The number of hydrogen-bond acceptors (Lipinski definition) is 4. The second kappa shape index (κ2) is 8.67.